The fourth-order valence-corrected chi connectivity index (χ4v) is 3.73. The summed E-state index contributed by atoms with van der Waals surface area (Å²) in [7, 11) is 0. The van der Waals surface area contributed by atoms with Crippen LogP contribution >= 0.6 is 11.3 Å². The molecular weight excluding hydrogens is 340 g/mol. The van der Waals surface area contributed by atoms with Crippen molar-refractivity contribution >= 4 is 39.0 Å². The van der Waals surface area contributed by atoms with E-state index < -0.39 is 5.97 Å². The predicted molar refractivity (Wildman–Crippen MR) is 95.3 cm³/mol. The van der Waals surface area contributed by atoms with Crippen molar-refractivity contribution in [3.05, 3.63) is 62.4 Å². The molecule has 0 atom stereocenters. The van der Waals surface area contributed by atoms with E-state index in [0.717, 1.165) is 16.5 Å². The average Bonchev–Trinajstić information content (AvgIpc) is 3.17. The zero-order chi connectivity index (χ0) is 17.6. The van der Waals surface area contributed by atoms with Gasteiger partial charge in [-0.25, -0.2) is 4.68 Å². The Hall–Kier alpha value is -2.93. The van der Waals surface area contributed by atoms with Gasteiger partial charge in [0, 0.05) is 21.5 Å². The smallest absolute Gasteiger partial charge is 0.309 e. The van der Waals surface area contributed by atoms with Crippen LogP contribution in [0.2, 0.25) is 0 Å². The first kappa shape index (κ1) is 15.6. The molecule has 7 heteroatoms. The standard InChI is InChI=1S/C18H14N2O4S/c1-10-2-3-16-11(4-10)5-12(24-16)7-20-18(23)14-9-25-8-13(14)15(19-20)6-17(21)22/h2-5,8-9H,6-7H2,1H3,(H,21,22). The molecule has 25 heavy (non-hydrogen) atoms. The molecule has 0 aliphatic heterocycles. The molecule has 0 saturated heterocycles. The molecule has 4 rings (SSSR count). The number of carboxylic acids is 1. The van der Waals surface area contributed by atoms with Gasteiger partial charge in [-0.15, -0.1) is 0 Å². The average molecular weight is 354 g/mol. The maximum absolute atomic E-state index is 12.6. The lowest BCUT2D eigenvalue weighted by Crippen LogP contribution is -2.25. The van der Waals surface area contributed by atoms with Gasteiger partial charge in [0.15, 0.2) is 0 Å². The second kappa shape index (κ2) is 5.86. The number of rotatable bonds is 4. The normalized spacial score (nSPS) is 11.4. The molecule has 0 fully saturated rings. The molecule has 126 valence electrons. The van der Waals surface area contributed by atoms with Crippen LogP contribution in [0.5, 0.6) is 0 Å². The minimum atomic E-state index is -0.982. The van der Waals surface area contributed by atoms with Crippen molar-refractivity contribution in [1.29, 1.82) is 0 Å². The van der Waals surface area contributed by atoms with Gasteiger partial charge in [-0.05, 0) is 25.1 Å². The van der Waals surface area contributed by atoms with Crippen LogP contribution in [0, 0.1) is 6.92 Å². The van der Waals surface area contributed by atoms with Gasteiger partial charge in [0.05, 0.1) is 17.5 Å². The van der Waals surface area contributed by atoms with Crippen LogP contribution in [0.15, 0.2) is 44.2 Å². The van der Waals surface area contributed by atoms with E-state index in [1.54, 1.807) is 10.8 Å². The highest BCUT2D eigenvalue weighted by atomic mass is 32.1. The summed E-state index contributed by atoms with van der Waals surface area (Å²) in [5.74, 6) is -0.379. The largest absolute Gasteiger partial charge is 0.481 e. The van der Waals surface area contributed by atoms with Crippen molar-refractivity contribution in [3.8, 4) is 0 Å². The molecule has 3 aromatic heterocycles. The quantitative estimate of drug-likeness (QED) is 0.608. The number of hydrogen-bond donors (Lipinski definition) is 1. The molecule has 0 unspecified atom stereocenters. The van der Waals surface area contributed by atoms with Crippen LogP contribution in [0.25, 0.3) is 21.7 Å². The Morgan fingerprint density at radius 1 is 1.28 bits per heavy atom. The van der Waals surface area contributed by atoms with E-state index in [1.807, 2.05) is 31.2 Å². The second-order valence-corrected chi connectivity index (χ2v) is 6.68. The Bertz CT molecular complexity index is 1170. The molecule has 0 radical (unpaired) electrons. The summed E-state index contributed by atoms with van der Waals surface area (Å²) in [6.07, 6.45) is -0.229. The lowest BCUT2D eigenvalue weighted by molar-refractivity contribution is -0.136. The van der Waals surface area contributed by atoms with E-state index in [9.17, 15) is 9.59 Å². The highest BCUT2D eigenvalue weighted by Gasteiger charge is 2.15. The van der Waals surface area contributed by atoms with Crippen LogP contribution < -0.4 is 5.56 Å². The highest BCUT2D eigenvalue weighted by Crippen LogP contribution is 2.22. The third-order valence-electron chi connectivity index (χ3n) is 4.03. The van der Waals surface area contributed by atoms with Crippen molar-refractivity contribution < 1.29 is 14.3 Å². The molecule has 0 amide bonds. The van der Waals surface area contributed by atoms with Crippen molar-refractivity contribution in [3.63, 3.8) is 0 Å². The van der Waals surface area contributed by atoms with E-state index in [4.69, 9.17) is 9.52 Å². The van der Waals surface area contributed by atoms with E-state index in [1.165, 1.54) is 16.0 Å². The predicted octanol–water partition coefficient (Wildman–Crippen LogP) is 3.19. The van der Waals surface area contributed by atoms with Crippen LogP contribution in [0.4, 0.5) is 0 Å². The number of fused-ring (bicyclic) bond motifs is 2. The third kappa shape index (κ3) is 2.83. The molecule has 0 aliphatic carbocycles. The lowest BCUT2D eigenvalue weighted by atomic mass is 10.2. The SMILES string of the molecule is Cc1ccc2oc(Cn3nc(CC(=O)O)c4cscc4c3=O)cc2c1. The molecule has 0 spiro atoms. The maximum Gasteiger partial charge on any atom is 0.309 e. The molecule has 1 aromatic carbocycles. The van der Waals surface area contributed by atoms with Gasteiger partial charge in [0.2, 0.25) is 0 Å². The van der Waals surface area contributed by atoms with E-state index in [0.29, 0.717) is 22.2 Å². The van der Waals surface area contributed by atoms with Crippen molar-refractivity contribution in [1.82, 2.24) is 9.78 Å². The molecule has 1 N–H and O–H groups in total. The number of hydrogen-bond acceptors (Lipinski definition) is 5. The van der Waals surface area contributed by atoms with Crippen LogP contribution in [0.3, 0.4) is 0 Å². The van der Waals surface area contributed by atoms with Crippen molar-refractivity contribution in [2.75, 3.05) is 0 Å². The Kier molecular flexibility index (Phi) is 3.65. The Balaban J connectivity index is 1.80. The number of carboxylic acid groups (broad SMARTS) is 1. The summed E-state index contributed by atoms with van der Waals surface area (Å²) in [6, 6.07) is 7.74. The van der Waals surface area contributed by atoms with E-state index in [2.05, 4.69) is 5.10 Å². The van der Waals surface area contributed by atoms with Gasteiger partial charge in [-0.1, -0.05) is 11.6 Å². The van der Waals surface area contributed by atoms with Gasteiger partial charge in [0.1, 0.15) is 17.9 Å². The Morgan fingerprint density at radius 3 is 2.88 bits per heavy atom. The summed E-state index contributed by atoms with van der Waals surface area (Å²) < 4.78 is 7.06. The number of furan rings is 1. The summed E-state index contributed by atoms with van der Waals surface area (Å²) in [6.45, 7) is 2.16. The molecule has 6 nitrogen and oxygen atoms in total. The molecule has 3 heterocycles. The highest BCUT2D eigenvalue weighted by molar-refractivity contribution is 7.09. The van der Waals surface area contributed by atoms with Gasteiger partial charge in [-0.2, -0.15) is 16.4 Å². The number of benzene rings is 1. The topological polar surface area (TPSA) is 85.3 Å². The van der Waals surface area contributed by atoms with Gasteiger partial charge in [0.25, 0.3) is 5.56 Å². The van der Waals surface area contributed by atoms with E-state index >= 15 is 0 Å². The number of carbonyl (C=O) groups is 1. The summed E-state index contributed by atoms with van der Waals surface area (Å²) in [5.41, 5.74) is 2.01. The number of aliphatic carboxylic acids is 1. The monoisotopic (exact) mass is 354 g/mol. The van der Waals surface area contributed by atoms with Crippen LogP contribution in [-0.4, -0.2) is 20.9 Å². The lowest BCUT2D eigenvalue weighted by Gasteiger charge is -2.06. The minimum Gasteiger partial charge on any atom is -0.481 e. The Labute approximate surface area is 145 Å². The van der Waals surface area contributed by atoms with Crippen molar-refractivity contribution in [2.24, 2.45) is 0 Å². The van der Waals surface area contributed by atoms with Gasteiger partial charge in [-0.3, -0.25) is 9.59 Å². The fourth-order valence-electron chi connectivity index (χ4n) is 2.89. The number of aryl methyl sites for hydroxylation is 1. The zero-order valence-electron chi connectivity index (χ0n) is 13.4. The number of aromatic nitrogens is 2. The first-order valence-corrected chi connectivity index (χ1v) is 8.62. The minimum absolute atomic E-state index is 0.158. The molecule has 0 bridgehead atoms. The second-order valence-electron chi connectivity index (χ2n) is 5.93. The van der Waals surface area contributed by atoms with Gasteiger partial charge >= 0.3 is 5.97 Å². The first-order chi connectivity index (χ1) is 12.0. The molecule has 0 saturated carbocycles. The van der Waals surface area contributed by atoms with Crippen molar-refractivity contribution in [2.45, 2.75) is 19.9 Å². The van der Waals surface area contributed by atoms with E-state index in [-0.39, 0.29) is 18.5 Å². The molecule has 0 aliphatic rings. The molecule has 4 aromatic rings. The molecular formula is C18H14N2O4S. The summed E-state index contributed by atoms with van der Waals surface area (Å²) in [5, 5.41) is 18.9. The summed E-state index contributed by atoms with van der Waals surface area (Å²) >= 11 is 1.36. The van der Waals surface area contributed by atoms with Crippen LogP contribution in [0.1, 0.15) is 17.0 Å². The maximum atomic E-state index is 12.6. The third-order valence-corrected chi connectivity index (χ3v) is 4.77. The van der Waals surface area contributed by atoms with Crippen LogP contribution in [-0.2, 0) is 17.8 Å². The fraction of sp³-hybridized carbons (Fsp3) is 0.167. The zero-order valence-corrected chi connectivity index (χ0v) is 14.2. The number of thiophene rings is 1. The summed E-state index contributed by atoms with van der Waals surface area (Å²) in [4.78, 5) is 23.7. The van der Waals surface area contributed by atoms with Gasteiger partial charge < -0.3 is 9.52 Å². The Morgan fingerprint density at radius 2 is 2.08 bits per heavy atom. The number of nitrogens with zero attached hydrogens (tertiary/aromatic N) is 2. The first-order valence-electron chi connectivity index (χ1n) is 7.68.